The van der Waals surface area contributed by atoms with Crippen LogP contribution in [0.2, 0.25) is 0 Å². The largest absolute Gasteiger partial charge is 0.494 e. The molecule has 2 aliphatic heterocycles. The minimum absolute atomic E-state index is 0.280. The molecule has 4 rings (SSSR count). The second-order valence-electron chi connectivity index (χ2n) is 14.4. The van der Waals surface area contributed by atoms with Crippen molar-refractivity contribution in [2.75, 3.05) is 6.61 Å². The minimum atomic E-state index is -5.36. The summed E-state index contributed by atoms with van der Waals surface area (Å²) in [6.45, 7) is 15.8. The van der Waals surface area contributed by atoms with Crippen molar-refractivity contribution in [3.05, 3.63) is 47.0 Å². The zero-order chi connectivity index (χ0) is 36.6. The Labute approximate surface area is 277 Å². The van der Waals surface area contributed by atoms with Crippen LogP contribution in [0.5, 0.6) is 0 Å². The zero-order valence-electron chi connectivity index (χ0n) is 28.3. The molecule has 2 aliphatic rings. The number of esters is 1. The average molecular weight is 706 g/mol. The van der Waals surface area contributed by atoms with Gasteiger partial charge in [0.25, 0.3) is 0 Å². The van der Waals surface area contributed by atoms with Crippen molar-refractivity contribution in [2.24, 2.45) is 5.92 Å². The number of carbonyl (C=O) groups excluding carboxylic acids is 1. The lowest BCUT2D eigenvalue weighted by Gasteiger charge is -2.32. The number of alkyl halides is 6. The van der Waals surface area contributed by atoms with E-state index in [-0.39, 0.29) is 24.1 Å². The fourth-order valence-corrected chi connectivity index (χ4v) is 6.48. The van der Waals surface area contributed by atoms with Gasteiger partial charge in [0.15, 0.2) is 0 Å². The van der Waals surface area contributed by atoms with E-state index in [9.17, 15) is 39.6 Å². The predicted octanol–water partition coefficient (Wildman–Crippen LogP) is 5.97. The molecule has 0 saturated carbocycles. The number of carbonyl (C=O) groups is 1. The van der Waals surface area contributed by atoms with Crippen LogP contribution >= 0.6 is 0 Å². The van der Waals surface area contributed by atoms with Gasteiger partial charge in [0.1, 0.15) is 0 Å². The number of hydrogen-bond donors (Lipinski definition) is 0. The highest BCUT2D eigenvalue weighted by atomic mass is 32.2. The summed E-state index contributed by atoms with van der Waals surface area (Å²) in [5.41, 5.74) is -9.50. The van der Waals surface area contributed by atoms with Crippen molar-refractivity contribution in [3.63, 3.8) is 0 Å². The quantitative estimate of drug-likeness (QED) is 0.198. The van der Waals surface area contributed by atoms with E-state index in [0.29, 0.717) is 12.1 Å². The molecule has 0 N–H and O–H groups in total. The maximum absolute atomic E-state index is 14.7. The SMILES string of the molecule is CC(C)COC(=O)c1c(C(F)(F)F)cc(B2OC(C)(C)C(C)(C)O2)cc1S(=O)(=O)c1cc(B2OC(C)(C)C(C)(C)O2)cc(C(F)(F)F)c1. The molecule has 0 amide bonds. The van der Waals surface area contributed by atoms with Crippen molar-refractivity contribution in [1.82, 2.24) is 0 Å². The zero-order valence-corrected chi connectivity index (χ0v) is 29.1. The van der Waals surface area contributed by atoms with Gasteiger partial charge >= 0.3 is 32.6 Å². The van der Waals surface area contributed by atoms with E-state index < -0.39 is 96.7 Å². The molecular formula is C31H38B2F6O8S. The summed E-state index contributed by atoms with van der Waals surface area (Å²) in [5, 5.41) is 0. The fraction of sp³-hybridized carbons (Fsp3) is 0.581. The summed E-state index contributed by atoms with van der Waals surface area (Å²) < 4.78 is 144. The molecular weight excluding hydrogens is 668 g/mol. The lowest BCUT2D eigenvalue weighted by Crippen LogP contribution is -2.41. The maximum atomic E-state index is 14.7. The molecule has 0 unspecified atom stereocenters. The summed E-state index contributed by atoms with van der Waals surface area (Å²) in [4.78, 5) is 11.0. The van der Waals surface area contributed by atoms with Crippen LogP contribution in [0, 0.1) is 5.92 Å². The highest BCUT2D eigenvalue weighted by Crippen LogP contribution is 2.41. The Morgan fingerprint density at radius 1 is 0.729 bits per heavy atom. The molecule has 264 valence electrons. The van der Waals surface area contributed by atoms with Gasteiger partial charge in [-0.05, 0) is 96.5 Å². The van der Waals surface area contributed by atoms with Crippen molar-refractivity contribution >= 4 is 41.0 Å². The molecule has 0 aliphatic carbocycles. The van der Waals surface area contributed by atoms with Gasteiger partial charge < -0.3 is 23.4 Å². The molecule has 0 atom stereocenters. The van der Waals surface area contributed by atoms with E-state index in [2.05, 4.69) is 0 Å². The smallest absolute Gasteiger partial charge is 0.462 e. The molecule has 17 heteroatoms. The van der Waals surface area contributed by atoms with Crippen LogP contribution < -0.4 is 10.9 Å². The minimum Gasteiger partial charge on any atom is -0.462 e. The van der Waals surface area contributed by atoms with Crippen LogP contribution in [0.4, 0.5) is 26.3 Å². The molecule has 0 bridgehead atoms. The van der Waals surface area contributed by atoms with Gasteiger partial charge in [0.2, 0.25) is 9.84 Å². The first-order valence-electron chi connectivity index (χ1n) is 15.1. The van der Waals surface area contributed by atoms with Crippen LogP contribution in [0.1, 0.15) is 90.7 Å². The van der Waals surface area contributed by atoms with Crippen molar-refractivity contribution < 1.29 is 62.9 Å². The highest BCUT2D eigenvalue weighted by molar-refractivity contribution is 7.91. The Hall–Kier alpha value is -2.59. The number of rotatable bonds is 7. The Morgan fingerprint density at radius 2 is 1.17 bits per heavy atom. The normalized spacial score (nSPS) is 20.4. The number of benzene rings is 2. The van der Waals surface area contributed by atoms with Crippen LogP contribution in [0.15, 0.2) is 40.1 Å². The predicted molar refractivity (Wildman–Crippen MR) is 165 cm³/mol. The molecule has 0 radical (unpaired) electrons. The molecule has 2 fully saturated rings. The molecule has 2 aromatic carbocycles. The second-order valence-corrected chi connectivity index (χ2v) is 16.3. The van der Waals surface area contributed by atoms with Crippen molar-refractivity contribution in [3.8, 4) is 0 Å². The van der Waals surface area contributed by atoms with Crippen LogP contribution in [0.3, 0.4) is 0 Å². The van der Waals surface area contributed by atoms with Crippen molar-refractivity contribution in [1.29, 1.82) is 0 Å². The third-order valence-corrected chi connectivity index (χ3v) is 10.8. The second kappa shape index (κ2) is 12.0. The van der Waals surface area contributed by atoms with Gasteiger partial charge in [-0.3, -0.25) is 0 Å². The Kier molecular flexibility index (Phi) is 9.58. The molecule has 2 heterocycles. The lowest BCUT2D eigenvalue weighted by atomic mass is 9.77. The van der Waals surface area contributed by atoms with Gasteiger partial charge in [0, 0.05) is 0 Å². The summed E-state index contributed by atoms with van der Waals surface area (Å²) >= 11 is 0. The van der Waals surface area contributed by atoms with Gasteiger partial charge in [-0.25, -0.2) is 13.2 Å². The number of ether oxygens (including phenoxy) is 1. The van der Waals surface area contributed by atoms with E-state index >= 15 is 0 Å². The summed E-state index contributed by atoms with van der Waals surface area (Å²) in [7, 11) is -8.36. The van der Waals surface area contributed by atoms with Crippen LogP contribution in [0.25, 0.3) is 0 Å². The Balaban J connectivity index is 2.03. The van der Waals surface area contributed by atoms with Gasteiger partial charge in [-0.1, -0.05) is 19.9 Å². The van der Waals surface area contributed by atoms with Crippen LogP contribution in [-0.4, -0.2) is 57.6 Å². The van der Waals surface area contributed by atoms with E-state index in [1.54, 1.807) is 69.2 Å². The lowest BCUT2D eigenvalue weighted by molar-refractivity contribution is -0.138. The molecule has 8 nitrogen and oxygen atoms in total. The topological polar surface area (TPSA) is 97.4 Å². The Bertz CT molecular complexity index is 1670. The standard InChI is InChI=1S/C31H38B2F6O8S/c1-17(2)16-43-25(40)24-22(31(37,38)39)14-20(33-46-28(7,8)29(9,10)47-33)15-23(24)48(41,42)21-12-18(30(34,35)36)11-19(13-21)32-44-26(3,4)27(5,6)45-32/h11-15,17H,16H2,1-10H3. The molecule has 0 spiro atoms. The summed E-state index contributed by atoms with van der Waals surface area (Å²) in [6, 6.07) is 3.01. The van der Waals surface area contributed by atoms with Gasteiger partial charge in [0.05, 0.1) is 55.5 Å². The molecule has 2 saturated heterocycles. The fourth-order valence-electron chi connectivity index (χ4n) is 4.90. The number of halogens is 6. The molecule has 0 aromatic heterocycles. The Morgan fingerprint density at radius 3 is 1.56 bits per heavy atom. The average Bonchev–Trinajstić information content (AvgIpc) is 3.29. The van der Waals surface area contributed by atoms with E-state index in [0.717, 1.165) is 12.1 Å². The number of sulfone groups is 1. The summed E-state index contributed by atoms with van der Waals surface area (Å²) in [5.74, 6) is -1.98. The van der Waals surface area contributed by atoms with Crippen molar-refractivity contribution in [2.45, 2.75) is 114 Å². The van der Waals surface area contributed by atoms with Crippen LogP contribution in [-0.2, 0) is 45.5 Å². The highest BCUT2D eigenvalue weighted by Gasteiger charge is 2.54. The van der Waals surface area contributed by atoms with Gasteiger partial charge in [-0.15, -0.1) is 0 Å². The first kappa shape index (κ1) is 38.2. The monoisotopic (exact) mass is 706 g/mol. The third-order valence-electron chi connectivity index (χ3n) is 9.09. The first-order chi connectivity index (χ1) is 21.5. The maximum Gasteiger partial charge on any atom is 0.494 e. The van der Waals surface area contributed by atoms with Gasteiger partial charge in [-0.2, -0.15) is 26.3 Å². The molecule has 2 aromatic rings. The first-order valence-corrected chi connectivity index (χ1v) is 16.6. The van der Waals surface area contributed by atoms with E-state index in [1.807, 2.05) is 0 Å². The van der Waals surface area contributed by atoms with E-state index in [4.69, 9.17) is 23.4 Å². The summed E-state index contributed by atoms with van der Waals surface area (Å²) in [6.07, 6.45) is -10.4. The molecule has 48 heavy (non-hydrogen) atoms. The third kappa shape index (κ3) is 7.16. The van der Waals surface area contributed by atoms with E-state index in [1.165, 1.54) is 0 Å². The number of hydrogen-bond acceptors (Lipinski definition) is 8.